The molecule has 3 aromatic rings. The van der Waals surface area contributed by atoms with E-state index < -0.39 is 0 Å². The van der Waals surface area contributed by atoms with E-state index in [1.54, 1.807) is 7.11 Å². The van der Waals surface area contributed by atoms with Gasteiger partial charge in [-0.25, -0.2) is 0 Å². The van der Waals surface area contributed by atoms with Gasteiger partial charge in [0.15, 0.2) is 0 Å². The van der Waals surface area contributed by atoms with Gasteiger partial charge in [-0.05, 0) is 78.3 Å². The number of hydrogen-bond acceptors (Lipinski definition) is 3. The van der Waals surface area contributed by atoms with E-state index in [1.165, 1.54) is 33.5 Å². The highest BCUT2D eigenvalue weighted by molar-refractivity contribution is 5.98. The van der Waals surface area contributed by atoms with Gasteiger partial charge in [0.25, 0.3) is 0 Å². The molecule has 0 saturated carbocycles. The summed E-state index contributed by atoms with van der Waals surface area (Å²) >= 11 is 0. The third-order valence-corrected chi connectivity index (χ3v) is 6.98. The molecule has 184 valence electrons. The van der Waals surface area contributed by atoms with Gasteiger partial charge < -0.3 is 9.64 Å². The number of allylic oxidation sites excluding steroid dienone is 1. The maximum Gasteiger partial charge on any atom is 0.118 e. The van der Waals surface area contributed by atoms with Crippen LogP contribution in [0, 0.1) is 5.92 Å². The molecule has 0 aromatic heterocycles. The Morgan fingerprint density at radius 3 is 1.80 bits per heavy atom. The molecule has 0 radical (unpaired) electrons. The summed E-state index contributed by atoms with van der Waals surface area (Å²) in [7, 11) is 1.72. The van der Waals surface area contributed by atoms with Crippen molar-refractivity contribution in [3.05, 3.63) is 95.6 Å². The molecule has 0 aliphatic carbocycles. The lowest BCUT2D eigenvalue weighted by Crippen LogP contribution is -2.48. The predicted molar refractivity (Wildman–Crippen MR) is 150 cm³/mol. The Balaban J connectivity index is 1.74. The second-order valence-corrected chi connectivity index (χ2v) is 10.2. The molecular weight excluding hydrogens is 428 g/mol. The number of rotatable bonds is 8. The standard InChI is InChI=1S/C32H40N2O/c1-24(2)23-31(26-9-7-6-8-10-26)32(28-13-17-30(35-5)18-14-28)27-11-15-29(16-12-27)34-21-19-33(20-22-34)25(3)4/h6-18,24-25H,19-23H2,1-5H3/b32-31+. The van der Waals surface area contributed by atoms with Crippen molar-refractivity contribution >= 4 is 16.8 Å². The van der Waals surface area contributed by atoms with Gasteiger partial charge >= 0.3 is 0 Å². The number of anilines is 1. The van der Waals surface area contributed by atoms with Crippen LogP contribution in [0.1, 0.15) is 50.8 Å². The van der Waals surface area contributed by atoms with Gasteiger partial charge in [0, 0.05) is 37.9 Å². The fourth-order valence-corrected chi connectivity index (χ4v) is 5.02. The van der Waals surface area contributed by atoms with Crippen LogP contribution in [0.5, 0.6) is 5.75 Å². The van der Waals surface area contributed by atoms with Gasteiger partial charge in [-0.15, -0.1) is 0 Å². The Bertz CT molecular complexity index is 1090. The summed E-state index contributed by atoms with van der Waals surface area (Å²) in [5, 5.41) is 0. The van der Waals surface area contributed by atoms with Crippen molar-refractivity contribution in [3.8, 4) is 5.75 Å². The Morgan fingerprint density at radius 1 is 0.714 bits per heavy atom. The quantitative estimate of drug-likeness (QED) is 0.324. The SMILES string of the molecule is COc1ccc(/C(=C(\CC(C)C)c2ccccc2)c2ccc(N3CCN(C(C)C)CC3)cc2)cc1. The second-order valence-electron chi connectivity index (χ2n) is 10.2. The molecular formula is C32H40N2O. The van der Waals surface area contributed by atoms with E-state index in [1.807, 2.05) is 0 Å². The fourth-order valence-electron chi connectivity index (χ4n) is 5.02. The number of hydrogen-bond donors (Lipinski definition) is 0. The highest BCUT2D eigenvalue weighted by Crippen LogP contribution is 2.37. The summed E-state index contributed by atoms with van der Waals surface area (Å²) in [6.45, 7) is 13.6. The maximum atomic E-state index is 5.44. The normalized spacial score (nSPS) is 15.5. The molecule has 0 atom stereocenters. The van der Waals surface area contributed by atoms with E-state index in [4.69, 9.17) is 4.74 Å². The topological polar surface area (TPSA) is 15.7 Å². The Morgan fingerprint density at radius 2 is 1.29 bits per heavy atom. The van der Waals surface area contributed by atoms with Crippen molar-refractivity contribution < 1.29 is 4.74 Å². The highest BCUT2D eigenvalue weighted by atomic mass is 16.5. The van der Waals surface area contributed by atoms with Crippen LogP contribution in [0.4, 0.5) is 5.69 Å². The summed E-state index contributed by atoms with van der Waals surface area (Å²) in [5.41, 5.74) is 7.80. The lowest BCUT2D eigenvalue weighted by Gasteiger charge is -2.38. The summed E-state index contributed by atoms with van der Waals surface area (Å²) in [4.78, 5) is 5.08. The summed E-state index contributed by atoms with van der Waals surface area (Å²) in [6, 6.07) is 29.2. The van der Waals surface area contributed by atoms with E-state index in [-0.39, 0.29) is 0 Å². The molecule has 0 amide bonds. The van der Waals surface area contributed by atoms with Crippen molar-refractivity contribution in [2.75, 3.05) is 38.2 Å². The number of methoxy groups -OCH3 is 1. The maximum absolute atomic E-state index is 5.44. The molecule has 1 aliphatic rings. The minimum atomic E-state index is 0.551. The van der Waals surface area contributed by atoms with Gasteiger partial charge in [0.05, 0.1) is 7.11 Å². The third kappa shape index (κ3) is 6.15. The Labute approximate surface area is 212 Å². The van der Waals surface area contributed by atoms with E-state index in [2.05, 4.69) is 116 Å². The van der Waals surface area contributed by atoms with Crippen LogP contribution < -0.4 is 9.64 Å². The van der Waals surface area contributed by atoms with Crippen LogP contribution in [0.15, 0.2) is 78.9 Å². The van der Waals surface area contributed by atoms with Crippen molar-refractivity contribution in [3.63, 3.8) is 0 Å². The number of benzene rings is 3. The molecule has 0 unspecified atom stereocenters. The van der Waals surface area contributed by atoms with Crippen molar-refractivity contribution in [2.24, 2.45) is 5.92 Å². The van der Waals surface area contributed by atoms with E-state index >= 15 is 0 Å². The first kappa shape index (κ1) is 25.1. The van der Waals surface area contributed by atoms with Crippen molar-refractivity contribution in [1.29, 1.82) is 0 Å². The molecule has 1 heterocycles. The Kier molecular flexibility index (Phi) is 8.30. The molecule has 3 heteroatoms. The predicted octanol–water partition coefficient (Wildman–Crippen LogP) is 7.23. The third-order valence-electron chi connectivity index (χ3n) is 6.98. The lowest BCUT2D eigenvalue weighted by molar-refractivity contribution is 0.209. The molecule has 3 aromatic carbocycles. The van der Waals surface area contributed by atoms with Crippen LogP contribution in [0.3, 0.4) is 0 Å². The van der Waals surface area contributed by atoms with Crippen LogP contribution in [-0.4, -0.2) is 44.2 Å². The van der Waals surface area contributed by atoms with E-state index in [9.17, 15) is 0 Å². The molecule has 1 saturated heterocycles. The summed E-state index contributed by atoms with van der Waals surface area (Å²) in [6.07, 6.45) is 1.02. The average molecular weight is 469 g/mol. The average Bonchev–Trinajstić information content (AvgIpc) is 2.89. The van der Waals surface area contributed by atoms with Crippen molar-refractivity contribution in [1.82, 2.24) is 4.90 Å². The fraction of sp³-hybridized carbons (Fsp3) is 0.375. The van der Waals surface area contributed by atoms with Gasteiger partial charge in [-0.3, -0.25) is 4.90 Å². The first-order chi connectivity index (χ1) is 17.0. The van der Waals surface area contributed by atoms with Crippen molar-refractivity contribution in [2.45, 2.75) is 40.2 Å². The first-order valence-corrected chi connectivity index (χ1v) is 13.0. The summed E-state index contributed by atoms with van der Waals surface area (Å²) < 4.78 is 5.44. The number of nitrogens with zero attached hydrogens (tertiary/aromatic N) is 2. The van der Waals surface area contributed by atoms with Crippen LogP contribution in [0.25, 0.3) is 11.1 Å². The smallest absolute Gasteiger partial charge is 0.118 e. The zero-order valence-electron chi connectivity index (χ0n) is 22.0. The zero-order valence-corrected chi connectivity index (χ0v) is 22.0. The Hall–Kier alpha value is -3.04. The molecule has 1 aliphatic heterocycles. The molecule has 1 fully saturated rings. The second kappa shape index (κ2) is 11.6. The first-order valence-electron chi connectivity index (χ1n) is 13.0. The molecule has 3 nitrogen and oxygen atoms in total. The monoisotopic (exact) mass is 468 g/mol. The number of ether oxygens (including phenoxy) is 1. The number of piperazine rings is 1. The highest BCUT2D eigenvalue weighted by Gasteiger charge is 2.20. The van der Waals surface area contributed by atoms with Crippen LogP contribution >= 0.6 is 0 Å². The molecule has 0 spiro atoms. The van der Waals surface area contributed by atoms with Gasteiger partial charge in [-0.2, -0.15) is 0 Å². The minimum Gasteiger partial charge on any atom is -0.497 e. The summed E-state index contributed by atoms with van der Waals surface area (Å²) in [5.74, 6) is 1.43. The molecule has 4 rings (SSSR count). The zero-order chi connectivity index (χ0) is 24.8. The molecule has 35 heavy (non-hydrogen) atoms. The van der Waals surface area contributed by atoms with Gasteiger partial charge in [0.2, 0.25) is 0 Å². The van der Waals surface area contributed by atoms with E-state index in [0.29, 0.717) is 12.0 Å². The largest absolute Gasteiger partial charge is 0.497 e. The molecule has 0 bridgehead atoms. The van der Waals surface area contributed by atoms with Gasteiger partial charge in [-0.1, -0.05) is 68.4 Å². The van der Waals surface area contributed by atoms with Crippen LogP contribution in [-0.2, 0) is 0 Å². The van der Waals surface area contributed by atoms with Gasteiger partial charge in [0.1, 0.15) is 5.75 Å². The van der Waals surface area contributed by atoms with E-state index in [0.717, 1.165) is 38.3 Å². The van der Waals surface area contributed by atoms with Crippen LogP contribution in [0.2, 0.25) is 0 Å². The minimum absolute atomic E-state index is 0.551. The lowest BCUT2D eigenvalue weighted by atomic mass is 9.85. The molecule has 0 N–H and O–H groups in total.